The smallest absolute Gasteiger partial charge is 0.228 e. The number of fused-ring (bicyclic) bond motifs is 1. The predicted octanol–water partition coefficient (Wildman–Crippen LogP) is 2.38. The van der Waals surface area contributed by atoms with Crippen LogP contribution >= 0.6 is 11.8 Å². The molecule has 2 heterocycles. The van der Waals surface area contributed by atoms with E-state index >= 15 is 0 Å². The van der Waals surface area contributed by atoms with E-state index in [2.05, 4.69) is 29.7 Å². The third-order valence-electron chi connectivity index (χ3n) is 4.39. The summed E-state index contributed by atoms with van der Waals surface area (Å²) in [6.07, 6.45) is 2.39. The molecule has 0 aliphatic carbocycles. The van der Waals surface area contributed by atoms with Gasteiger partial charge in [-0.1, -0.05) is 25.1 Å². The number of benzene rings is 1. The Balaban J connectivity index is 1.60. The van der Waals surface area contributed by atoms with Gasteiger partial charge < -0.3 is 10.6 Å². The summed E-state index contributed by atoms with van der Waals surface area (Å²) in [4.78, 5) is 13.7. The molecule has 3 rings (SSSR count). The van der Waals surface area contributed by atoms with Crippen molar-refractivity contribution in [2.45, 2.75) is 30.6 Å². The van der Waals surface area contributed by atoms with Crippen LogP contribution in [0.15, 0.2) is 29.2 Å². The molecule has 0 aromatic heterocycles. The van der Waals surface area contributed by atoms with Gasteiger partial charge in [-0.3, -0.25) is 4.79 Å². The van der Waals surface area contributed by atoms with Crippen molar-refractivity contribution in [3.05, 3.63) is 29.8 Å². The first-order valence-corrected chi connectivity index (χ1v) is 8.37. The average Bonchev–Trinajstić information content (AvgIpc) is 2.90. The molecule has 4 heteroatoms. The van der Waals surface area contributed by atoms with Crippen molar-refractivity contribution in [1.82, 2.24) is 10.6 Å². The van der Waals surface area contributed by atoms with E-state index in [0.29, 0.717) is 0 Å². The molecule has 20 heavy (non-hydrogen) atoms. The number of carbonyl (C=O) groups excluding carboxylic acids is 1. The highest BCUT2D eigenvalue weighted by Gasteiger charge is 2.31. The Bertz CT molecular complexity index is 497. The molecule has 0 bridgehead atoms. The van der Waals surface area contributed by atoms with Crippen LogP contribution in [0.1, 0.15) is 31.2 Å². The number of piperidine rings is 1. The van der Waals surface area contributed by atoms with Gasteiger partial charge in [0.1, 0.15) is 0 Å². The maximum absolute atomic E-state index is 12.4. The average molecular weight is 290 g/mol. The molecule has 2 unspecified atom stereocenters. The lowest BCUT2D eigenvalue weighted by molar-refractivity contribution is -0.122. The van der Waals surface area contributed by atoms with E-state index < -0.39 is 0 Å². The highest BCUT2D eigenvalue weighted by Crippen LogP contribution is 2.39. The van der Waals surface area contributed by atoms with Crippen LogP contribution in [-0.4, -0.2) is 31.3 Å². The quantitative estimate of drug-likeness (QED) is 0.898. The van der Waals surface area contributed by atoms with Crippen molar-refractivity contribution in [3.8, 4) is 0 Å². The Morgan fingerprint density at radius 2 is 2.35 bits per heavy atom. The molecule has 3 nitrogen and oxygen atoms in total. The number of rotatable bonds is 3. The minimum atomic E-state index is 0.0244. The minimum absolute atomic E-state index is 0.0244. The topological polar surface area (TPSA) is 41.1 Å². The monoisotopic (exact) mass is 290 g/mol. The van der Waals surface area contributed by atoms with E-state index in [-0.39, 0.29) is 17.2 Å². The zero-order valence-corrected chi connectivity index (χ0v) is 12.8. The van der Waals surface area contributed by atoms with E-state index in [9.17, 15) is 4.79 Å². The SMILES string of the molecule is CC1(CNC(=O)C2CSc3ccccc32)CCCNC1. The molecule has 2 aliphatic rings. The molecule has 1 fully saturated rings. The normalized spacial score (nSPS) is 28.9. The maximum atomic E-state index is 12.4. The van der Waals surface area contributed by atoms with Gasteiger partial charge in [-0.05, 0) is 36.4 Å². The largest absolute Gasteiger partial charge is 0.355 e. The molecule has 108 valence electrons. The second-order valence-corrected chi connectivity index (χ2v) is 7.27. The van der Waals surface area contributed by atoms with Crippen LogP contribution in [0, 0.1) is 5.41 Å². The van der Waals surface area contributed by atoms with Crippen LogP contribution in [0.5, 0.6) is 0 Å². The van der Waals surface area contributed by atoms with Crippen molar-refractivity contribution in [2.24, 2.45) is 5.41 Å². The molecule has 2 atom stereocenters. The Morgan fingerprint density at radius 3 is 3.15 bits per heavy atom. The number of hydrogen-bond acceptors (Lipinski definition) is 3. The van der Waals surface area contributed by atoms with E-state index in [4.69, 9.17) is 0 Å². The first kappa shape index (κ1) is 14.0. The summed E-state index contributed by atoms with van der Waals surface area (Å²) >= 11 is 1.79. The minimum Gasteiger partial charge on any atom is -0.355 e. The van der Waals surface area contributed by atoms with Crippen LogP contribution in [0.2, 0.25) is 0 Å². The van der Waals surface area contributed by atoms with Gasteiger partial charge in [-0.15, -0.1) is 11.8 Å². The molecule has 1 amide bonds. The standard InChI is InChI=1S/C16H22N2OS/c1-16(7-4-8-17-10-16)11-18-15(19)13-9-20-14-6-3-2-5-12(13)14/h2-3,5-6,13,17H,4,7-11H2,1H3,(H,18,19). The van der Waals surface area contributed by atoms with Crippen molar-refractivity contribution >= 4 is 17.7 Å². The molecule has 0 saturated carbocycles. The summed E-state index contributed by atoms with van der Waals surface area (Å²) < 4.78 is 0. The van der Waals surface area contributed by atoms with Crippen LogP contribution in [-0.2, 0) is 4.79 Å². The van der Waals surface area contributed by atoms with Crippen molar-refractivity contribution in [1.29, 1.82) is 0 Å². The summed E-state index contributed by atoms with van der Waals surface area (Å²) in [6.45, 7) is 5.15. The number of carbonyl (C=O) groups is 1. The molecule has 0 radical (unpaired) electrons. The van der Waals surface area contributed by atoms with Crippen molar-refractivity contribution in [2.75, 3.05) is 25.4 Å². The van der Waals surface area contributed by atoms with Gasteiger partial charge in [0.05, 0.1) is 5.92 Å². The van der Waals surface area contributed by atoms with Crippen molar-refractivity contribution in [3.63, 3.8) is 0 Å². The molecule has 2 aliphatic heterocycles. The molecule has 1 aromatic rings. The molecule has 0 spiro atoms. The Hall–Kier alpha value is -1.00. The van der Waals surface area contributed by atoms with E-state index in [1.54, 1.807) is 11.8 Å². The van der Waals surface area contributed by atoms with Crippen LogP contribution < -0.4 is 10.6 Å². The Labute approximate surface area is 124 Å². The van der Waals surface area contributed by atoms with Crippen LogP contribution in [0.4, 0.5) is 0 Å². The summed E-state index contributed by atoms with van der Waals surface area (Å²) in [5.74, 6) is 1.09. The van der Waals surface area contributed by atoms with Crippen LogP contribution in [0.25, 0.3) is 0 Å². The number of thioether (sulfide) groups is 1. The van der Waals surface area contributed by atoms with Gasteiger partial charge in [0.25, 0.3) is 0 Å². The molecular formula is C16H22N2OS. The third kappa shape index (κ3) is 2.86. The molecular weight excluding hydrogens is 268 g/mol. The third-order valence-corrected chi connectivity index (χ3v) is 5.57. The molecule has 1 saturated heterocycles. The number of nitrogens with one attached hydrogen (secondary N) is 2. The first-order chi connectivity index (χ1) is 9.68. The summed E-state index contributed by atoms with van der Waals surface area (Å²) in [7, 11) is 0. The Kier molecular flexibility index (Phi) is 4.03. The number of hydrogen-bond donors (Lipinski definition) is 2. The van der Waals surface area contributed by atoms with Gasteiger partial charge in [-0.2, -0.15) is 0 Å². The van der Waals surface area contributed by atoms with Gasteiger partial charge in [0, 0.05) is 23.7 Å². The lowest BCUT2D eigenvalue weighted by Gasteiger charge is -2.34. The fourth-order valence-electron chi connectivity index (χ4n) is 3.07. The van der Waals surface area contributed by atoms with E-state index in [1.807, 2.05) is 12.1 Å². The predicted molar refractivity (Wildman–Crippen MR) is 83.1 cm³/mol. The summed E-state index contributed by atoms with van der Waals surface area (Å²) in [5.41, 5.74) is 1.40. The maximum Gasteiger partial charge on any atom is 0.228 e. The summed E-state index contributed by atoms with van der Waals surface area (Å²) in [5, 5.41) is 6.61. The fourth-order valence-corrected chi connectivity index (χ4v) is 4.30. The highest BCUT2D eigenvalue weighted by molar-refractivity contribution is 7.99. The van der Waals surface area contributed by atoms with Gasteiger partial charge in [-0.25, -0.2) is 0 Å². The van der Waals surface area contributed by atoms with Crippen LogP contribution in [0.3, 0.4) is 0 Å². The second-order valence-electron chi connectivity index (χ2n) is 6.21. The second kappa shape index (κ2) is 5.78. The van der Waals surface area contributed by atoms with Gasteiger partial charge in [0.15, 0.2) is 0 Å². The summed E-state index contributed by atoms with van der Waals surface area (Å²) in [6, 6.07) is 8.27. The van der Waals surface area contributed by atoms with Gasteiger partial charge in [0.2, 0.25) is 5.91 Å². The van der Waals surface area contributed by atoms with Gasteiger partial charge >= 0.3 is 0 Å². The highest BCUT2D eigenvalue weighted by atomic mass is 32.2. The number of amides is 1. The molecule has 1 aromatic carbocycles. The Morgan fingerprint density at radius 1 is 1.50 bits per heavy atom. The zero-order chi connectivity index (χ0) is 14.0. The molecule has 2 N–H and O–H groups in total. The van der Waals surface area contributed by atoms with Crippen molar-refractivity contribution < 1.29 is 4.79 Å². The zero-order valence-electron chi connectivity index (χ0n) is 11.9. The lowest BCUT2D eigenvalue weighted by atomic mass is 9.82. The van der Waals surface area contributed by atoms with E-state index in [0.717, 1.165) is 25.4 Å². The van der Waals surface area contributed by atoms with E-state index in [1.165, 1.54) is 23.3 Å². The fraction of sp³-hybridized carbons (Fsp3) is 0.562. The first-order valence-electron chi connectivity index (χ1n) is 7.38. The lowest BCUT2D eigenvalue weighted by Crippen LogP contribution is -2.46.